The summed E-state index contributed by atoms with van der Waals surface area (Å²) in [5.74, 6) is -4.03. The molecular formula is C34H49N5O12. The average Bonchev–Trinajstić information content (AvgIpc) is 3.52. The van der Waals surface area contributed by atoms with Crippen molar-refractivity contribution in [1.29, 1.82) is 0 Å². The number of carbonyl (C=O) groups is 6. The minimum atomic E-state index is -1.19. The number of aliphatic imine (C=N–C) groups is 1. The second-order valence-corrected chi connectivity index (χ2v) is 12.7. The number of para-hydroxylation sites is 1. The minimum Gasteiger partial charge on any atom is -0.507 e. The van der Waals surface area contributed by atoms with E-state index in [2.05, 4.69) is 15.6 Å². The standard InChI is InChI=1S/C34H49N5O12/c1-22(20-28(41)35-24-13-8-11-19-39(49)33(24)46)51-34(47)25(14-9-10-18-38(48)29(42)16-4-2-3-5-17-30(43)44)36-31(45)26-21-50-32(37-26)23-12-6-7-15-27(23)40/h6-7,12,15,22,24-26,40,48-49H,2-5,8-11,13-14,16-21H2,1H3,(H,35,41)(H,36,45)(H,43,44). The molecule has 2 aliphatic rings. The van der Waals surface area contributed by atoms with Crippen molar-refractivity contribution in [2.75, 3.05) is 19.7 Å². The van der Waals surface area contributed by atoms with E-state index in [0.29, 0.717) is 60.6 Å². The lowest BCUT2D eigenvalue weighted by atomic mass is 10.1. The number of hydrogen-bond acceptors (Lipinski definition) is 12. The Morgan fingerprint density at radius 2 is 1.78 bits per heavy atom. The Bertz CT molecular complexity index is 1410. The first-order valence-electron chi connectivity index (χ1n) is 17.4. The molecule has 4 amide bonds. The molecule has 3 rings (SSSR count). The van der Waals surface area contributed by atoms with Crippen LogP contribution in [0.15, 0.2) is 29.3 Å². The molecule has 0 spiro atoms. The smallest absolute Gasteiger partial charge is 0.328 e. The van der Waals surface area contributed by atoms with Crippen LogP contribution in [0.2, 0.25) is 0 Å². The van der Waals surface area contributed by atoms with Gasteiger partial charge in [0.15, 0.2) is 6.04 Å². The number of aliphatic carboxylic acids is 1. The fourth-order valence-electron chi connectivity index (χ4n) is 5.59. The summed E-state index contributed by atoms with van der Waals surface area (Å²) < 4.78 is 11.0. The summed E-state index contributed by atoms with van der Waals surface area (Å²) >= 11 is 0. The number of ether oxygens (including phenoxy) is 2. The number of hydroxylamine groups is 4. The van der Waals surface area contributed by atoms with E-state index in [1.165, 1.54) is 13.0 Å². The number of nitrogens with one attached hydrogen (secondary N) is 2. The Labute approximate surface area is 295 Å². The van der Waals surface area contributed by atoms with Crippen LogP contribution in [-0.4, -0.2) is 116 Å². The van der Waals surface area contributed by atoms with E-state index in [4.69, 9.17) is 14.6 Å². The van der Waals surface area contributed by atoms with Crippen molar-refractivity contribution in [3.8, 4) is 5.75 Å². The topological polar surface area (TPSA) is 245 Å². The molecular weight excluding hydrogens is 670 g/mol. The lowest BCUT2D eigenvalue weighted by Crippen LogP contribution is -2.48. The third-order valence-corrected chi connectivity index (χ3v) is 8.41. The number of rotatable bonds is 20. The first-order chi connectivity index (χ1) is 24.3. The van der Waals surface area contributed by atoms with Crippen LogP contribution in [-0.2, 0) is 38.2 Å². The minimum absolute atomic E-state index is 0.0278. The maximum absolute atomic E-state index is 13.3. The molecule has 2 heterocycles. The first-order valence-corrected chi connectivity index (χ1v) is 17.4. The number of hydrogen-bond donors (Lipinski definition) is 6. The van der Waals surface area contributed by atoms with E-state index in [-0.39, 0.29) is 69.9 Å². The van der Waals surface area contributed by atoms with Gasteiger partial charge in [-0.05, 0) is 70.4 Å². The van der Waals surface area contributed by atoms with E-state index in [1.54, 1.807) is 18.2 Å². The zero-order valence-electron chi connectivity index (χ0n) is 28.8. The predicted molar refractivity (Wildman–Crippen MR) is 178 cm³/mol. The molecule has 4 unspecified atom stereocenters. The predicted octanol–water partition coefficient (Wildman–Crippen LogP) is 2.04. The van der Waals surface area contributed by atoms with E-state index in [0.717, 1.165) is 0 Å². The summed E-state index contributed by atoms with van der Waals surface area (Å²) in [4.78, 5) is 78.7. The number of phenols is 1. The molecule has 17 heteroatoms. The van der Waals surface area contributed by atoms with Crippen molar-refractivity contribution in [1.82, 2.24) is 20.8 Å². The molecule has 0 aromatic heterocycles. The second-order valence-electron chi connectivity index (χ2n) is 12.7. The van der Waals surface area contributed by atoms with Crippen molar-refractivity contribution < 1.29 is 58.9 Å². The third kappa shape index (κ3) is 13.8. The Morgan fingerprint density at radius 3 is 2.51 bits per heavy atom. The van der Waals surface area contributed by atoms with E-state index in [1.807, 2.05) is 0 Å². The van der Waals surface area contributed by atoms with Gasteiger partial charge >= 0.3 is 11.9 Å². The van der Waals surface area contributed by atoms with Gasteiger partial charge in [-0.3, -0.25) is 34.4 Å². The van der Waals surface area contributed by atoms with E-state index in [9.17, 15) is 44.3 Å². The summed E-state index contributed by atoms with van der Waals surface area (Å²) in [5, 5.41) is 45.2. The van der Waals surface area contributed by atoms with Crippen LogP contribution in [0.5, 0.6) is 5.75 Å². The van der Waals surface area contributed by atoms with Crippen molar-refractivity contribution in [2.45, 2.75) is 115 Å². The zero-order valence-corrected chi connectivity index (χ0v) is 28.8. The Balaban J connectivity index is 1.55. The van der Waals surface area contributed by atoms with Gasteiger partial charge in [0, 0.05) is 25.9 Å². The summed E-state index contributed by atoms with van der Waals surface area (Å²) in [6, 6.07) is 3.20. The molecule has 1 saturated heterocycles. The Kier molecular flexibility index (Phi) is 16.6. The molecule has 0 aliphatic carbocycles. The largest absolute Gasteiger partial charge is 0.507 e. The lowest BCUT2D eigenvalue weighted by Gasteiger charge is -2.23. The Morgan fingerprint density at radius 1 is 1.06 bits per heavy atom. The van der Waals surface area contributed by atoms with Crippen LogP contribution in [0.4, 0.5) is 0 Å². The number of nitrogens with zero attached hydrogens (tertiary/aromatic N) is 3. The molecule has 2 aliphatic heterocycles. The molecule has 6 N–H and O–H groups in total. The SMILES string of the molecule is CC(CC(=O)NC1CCCCN(O)C1=O)OC(=O)C(CCCCN(O)C(=O)CCCCCCC(=O)O)NC(=O)C1COC(c2ccccc2O)=N1. The van der Waals surface area contributed by atoms with E-state index >= 15 is 0 Å². The molecule has 0 radical (unpaired) electrons. The Hall–Kier alpha value is -4.77. The van der Waals surface area contributed by atoms with Gasteiger partial charge in [-0.25, -0.2) is 19.9 Å². The van der Waals surface area contributed by atoms with E-state index < -0.39 is 59.8 Å². The number of unbranched alkanes of at least 4 members (excludes halogenated alkanes) is 4. The maximum atomic E-state index is 13.3. The third-order valence-electron chi connectivity index (χ3n) is 8.41. The number of carbonyl (C=O) groups excluding carboxylic acids is 5. The normalized spacial score (nSPS) is 18.5. The van der Waals surface area contributed by atoms with Gasteiger partial charge in [-0.1, -0.05) is 25.0 Å². The number of esters is 1. The molecule has 1 fully saturated rings. The summed E-state index contributed by atoms with van der Waals surface area (Å²) in [6.07, 6.45) is 3.45. The van der Waals surface area contributed by atoms with Crippen molar-refractivity contribution >= 4 is 41.5 Å². The van der Waals surface area contributed by atoms with Crippen LogP contribution in [0, 0.1) is 0 Å². The number of carboxylic acid groups (broad SMARTS) is 1. The molecule has 1 aromatic carbocycles. The van der Waals surface area contributed by atoms with Crippen molar-refractivity contribution in [2.24, 2.45) is 4.99 Å². The molecule has 51 heavy (non-hydrogen) atoms. The maximum Gasteiger partial charge on any atom is 0.328 e. The number of phenolic OH excluding ortho intramolecular Hbond substituents is 1. The zero-order chi connectivity index (χ0) is 37.3. The molecule has 282 valence electrons. The van der Waals surface area contributed by atoms with Crippen LogP contribution < -0.4 is 10.6 Å². The highest BCUT2D eigenvalue weighted by atomic mass is 16.5. The molecule has 0 saturated carbocycles. The van der Waals surface area contributed by atoms with Gasteiger partial charge < -0.3 is 30.3 Å². The fourth-order valence-corrected chi connectivity index (χ4v) is 5.59. The molecule has 4 atom stereocenters. The van der Waals surface area contributed by atoms with Crippen molar-refractivity contribution in [3.63, 3.8) is 0 Å². The number of carboxylic acids is 1. The van der Waals surface area contributed by atoms with Crippen LogP contribution in [0.1, 0.15) is 96.0 Å². The highest BCUT2D eigenvalue weighted by Crippen LogP contribution is 2.21. The van der Waals surface area contributed by atoms with Crippen LogP contribution >= 0.6 is 0 Å². The number of benzene rings is 1. The van der Waals surface area contributed by atoms with Crippen molar-refractivity contribution in [3.05, 3.63) is 29.8 Å². The lowest BCUT2D eigenvalue weighted by molar-refractivity contribution is -0.167. The van der Waals surface area contributed by atoms with Crippen LogP contribution in [0.3, 0.4) is 0 Å². The summed E-state index contributed by atoms with van der Waals surface area (Å²) in [6.45, 7) is 1.49. The van der Waals surface area contributed by atoms with Gasteiger partial charge in [0.1, 0.15) is 30.5 Å². The van der Waals surface area contributed by atoms with Gasteiger partial charge in [-0.2, -0.15) is 0 Å². The highest BCUT2D eigenvalue weighted by Gasteiger charge is 2.33. The number of amides is 4. The van der Waals surface area contributed by atoms with Gasteiger partial charge in [0.25, 0.3) is 5.91 Å². The van der Waals surface area contributed by atoms with Gasteiger partial charge in [-0.15, -0.1) is 0 Å². The highest BCUT2D eigenvalue weighted by molar-refractivity contribution is 6.00. The van der Waals surface area contributed by atoms with Crippen LogP contribution in [0.25, 0.3) is 0 Å². The number of aromatic hydroxyl groups is 1. The second kappa shape index (κ2) is 20.8. The monoisotopic (exact) mass is 719 g/mol. The van der Waals surface area contributed by atoms with Gasteiger partial charge in [0.05, 0.1) is 12.0 Å². The first kappa shape index (κ1) is 40.7. The molecule has 1 aromatic rings. The quantitative estimate of drug-likeness (QED) is 0.0491. The molecule has 0 bridgehead atoms. The fraction of sp³-hybridized carbons (Fsp3) is 0.618. The molecule has 17 nitrogen and oxygen atoms in total. The summed E-state index contributed by atoms with van der Waals surface area (Å²) in [5.41, 5.74) is 0.300. The summed E-state index contributed by atoms with van der Waals surface area (Å²) in [7, 11) is 0. The average molecular weight is 720 g/mol. The van der Waals surface area contributed by atoms with Gasteiger partial charge in [0.2, 0.25) is 23.6 Å².